The van der Waals surface area contributed by atoms with E-state index in [1.54, 1.807) is 17.8 Å². The molecule has 0 saturated carbocycles. The summed E-state index contributed by atoms with van der Waals surface area (Å²) < 4.78 is 11.3. The quantitative estimate of drug-likeness (QED) is 0.259. The van der Waals surface area contributed by atoms with Gasteiger partial charge in [-0.3, -0.25) is 5.41 Å². The highest BCUT2D eigenvalue weighted by atomic mass is 32.2. The zero-order chi connectivity index (χ0) is 19.4. The molecule has 0 bridgehead atoms. The molecule has 6 nitrogen and oxygen atoms in total. The molecule has 0 fully saturated rings. The van der Waals surface area contributed by atoms with Crippen LogP contribution in [-0.2, 0) is 9.53 Å². The number of benzene rings is 1. The van der Waals surface area contributed by atoms with Crippen molar-refractivity contribution in [2.45, 2.75) is 4.21 Å². The number of aromatic nitrogens is 1. The summed E-state index contributed by atoms with van der Waals surface area (Å²) >= 11 is 4.61. The maximum atomic E-state index is 11.4. The van der Waals surface area contributed by atoms with E-state index < -0.39 is 5.97 Å². The SMILES string of the molecule is COC(=O)COc1ccccc1-c1csc(-c2cc(C(=N)N)sc2SC)n1. The first-order valence-electron chi connectivity index (χ1n) is 7.80. The van der Waals surface area contributed by atoms with Crippen LogP contribution in [0.15, 0.2) is 39.9 Å². The van der Waals surface area contributed by atoms with Gasteiger partial charge in [0.05, 0.1) is 21.9 Å². The van der Waals surface area contributed by atoms with Gasteiger partial charge < -0.3 is 15.2 Å². The van der Waals surface area contributed by atoms with E-state index >= 15 is 0 Å². The van der Waals surface area contributed by atoms with Gasteiger partial charge in [0.15, 0.2) is 6.61 Å². The molecule has 140 valence electrons. The number of thiophene rings is 1. The molecule has 27 heavy (non-hydrogen) atoms. The number of thiazole rings is 1. The van der Waals surface area contributed by atoms with E-state index in [1.807, 2.05) is 35.9 Å². The van der Waals surface area contributed by atoms with Crippen molar-refractivity contribution in [3.8, 4) is 27.6 Å². The van der Waals surface area contributed by atoms with E-state index in [0.29, 0.717) is 5.75 Å². The summed E-state index contributed by atoms with van der Waals surface area (Å²) in [5.41, 5.74) is 8.17. The number of rotatable bonds is 7. The number of nitrogen functional groups attached to an aromatic ring is 1. The minimum atomic E-state index is -0.441. The topological polar surface area (TPSA) is 98.3 Å². The van der Waals surface area contributed by atoms with Crippen molar-refractivity contribution >= 4 is 46.2 Å². The van der Waals surface area contributed by atoms with E-state index in [-0.39, 0.29) is 12.4 Å². The molecule has 0 unspecified atom stereocenters. The molecule has 0 radical (unpaired) electrons. The van der Waals surface area contributed by atoms with Crippen LogP contribution in [0.3, 0.4) is 0 Å². The number of esters is 1. The molecule has 0 aliphatic rings. The molecule has 2 heterocycles. The number of thioether (sulfide) groups is 1. The highest BCUT2D eigenvalue weighted by Gasteiger charge is 2.17. The van der Waals surface area contributed by atoms with Crippen molar-refractivity contribution in [1.82, 2.24) is 4.98 Å². The van der Waals surface area contributed by atoms with Crippen molar-refractivity contribution in [3.05, 3.63) is 40.6 Å². The Hall–Kier alpha value is -2.36. The van der Waals surface area contributed by atoms with Crippen LogP contribution in [0, 0.1) is 5.41 Å². The van der Waals surface area contributed by atoms with Crippen LogP contribution in [0.25, 0.3) is 21.8 Å². The summed E-state index contributed by atoms with van der Waals surface area (Å²) in [6.07, 6.45) is 1.99. The number of hydrogen-bond acceptors (Lipinski definition) is 8. The standard InChI is InChI=1S/C18H17N3O3S3/c1-23-15(22)8-24-13-6-4-3-5-10(13)12-9-26-17(21-12)11-7-14(16(19)20)27-18(11)25-2/h3-7,9H,8H2,1-2H3,(H3,19,20). The second kappa shape index (κ2) is 8.55. The Morgan fingerprint density at radius 3 is 2.81 bits per heavy atom. The average molecular weight is 420 g/mol. The maximum Gasteiger partial charge on any atom is 0.343 e. The van der Waals surface area contributed by atoms with Gasteiger partial charge in [0.2, 0.25) is 0 Å². The molecule has 2 aromatic heterocycles. The largest absolute Gasteiger partial charge is 0.481 e. The summed E-state index contributed by atoms with van der Waals surface area (Å²) in [6, 6.07) is 9.33. The molecule has 3 aromatic rings. The molecule has 9 heteroatoms. The van der Waals surface area contributed by atoms with Gasteiger partial charge in [-0.05, 0) is 24.5 Å². The summed E-state index contributed by atoms with van der Waals surface area (Å²) in [7, 11) is 1.32. The Balaban J connectivity index is 1.93. The number of methoxy groups -OCH3 is 1. The van der Waals surface area contributed by atoms with Crippen molar-refractivity contribution in [3.63, 3.8) is 0 Å². The number of hydrogen-bond donors (Lipinski definition) is 2. The molecule has 0 saturated heterocycles. The molecule has 0 spiro atoms. The highest BCUT2D eigenvalue weighted by Crippen LogP contribution is 2.41. The van der Waals surface area contributed by atoms with Gasteiger partial charge in [-0.15, -0.1) is 34.4 Å². The number of carbonyl (C=O) groups is 1. The fraction of sp³-hybridized carbons (Fsp3) is 0.167. The Kier molecular flexibility index (Phi) is 6.15. The Morgan fingerprint density at radius 2 is 2.11 bits per heavy atom. The van der Waals surface area contributed by atoms with Crippen LogP contribution < -0.4 is 10.5 Å². The van der Waals surface area contributed by atoms with E-state index in [4.69, 9.17) is 20.9 Å². The molecule has 1 aromatic carbocycles. The molecular formula is C18H17N3O3S3. The number of para-hydroxylation sites is 1. The monoisotopic (exact) mass is 419 g/mol. The first-order valence-corrected chi connectivity index (χ1v) is 10.7. The lowest BCUT2D eigenvalue weighted by atomic mass is 10.1. The van der Waals surface area contributed by atoms with Crippen molar-refractivity contribution < 1.29 is 14.3 Å². The zero-order valence-corrected chi connectivity index (χ0v) is 17.1. The van der Waals surface area contributed by atoms with E-state index in [2.05, 4.69) is 4.74 Å². The number of nitrogens with zero attached hydrogens (tertiary/aromatic N) is 1. The Labute approximate surface area is 168 Å². The zero-order valence-electron chi connectivity index (χ0n) is 14.6. The third kappa shape index (κ3) is 4.32. The van der Waals surface area contributed by atoms with Gasteiger partial charge >= 0.3 is 5.97 Å². The lowest BCUT2D eigenvalue weighted by Gasteiger charge is -2.08. The van der Waals surface area contributed by atoms with Crippen molar-refractivity contribution in [2.75, 3.05) is 20.0 Å². The fourth-order valence-corrected chi connectivity index (χ4v) is 5.03. The van der Waals surface area contributed by atoms with Crippen LogP contribution >= 0.6 is 34.4 Å². The lowest BCUT2D eigenvalue weighted by Crippen LogP contribution is -2.12. The van der Waals surface area contributed by atoms with E-state index in [0.717, 1.165) is 30.9 Å². The minimum Gasteiger partial charge on any atom is -0.481 e. The van der Waals surface area contributed by atoms with Crippen molar-refractivity contribution in [2.24, 2.45) is 5.73 Å². The lowest BCUT2D eigenvalue weighted by molar-refractivity contribution is -0.142. The van der Waals surface area contributed by atoms with Crippen LogP contribution in [0.1, 0.15) is 4.88 Å². The predicted molar refractivity (Wildman–Crippen MR) is 111 cm³/mol. The number of nitrogens with one attached hydrogen (secondary N) is 1. The van der Waals surface area contributed by atoms with Crippen molar-refractivity contribution in [1.29, 1.82) is 5.41 Å². The van der Waals surface area contributed by atoms with E-state index in [9.17, 15) is 4.79 Å². The first-order chi connectivity index (χ1) is 13.0. The second-order valence-electron chi connectivity index (χ2n) is 5.33. The third-order valence-electron chi connectivity index (χ3n) is 3.62. The predicted octanol–water partition coefficient (Wildman–Crippen LogP) is 4.10. The molecule has 0 aliphatic carbocycles. The first kappa shape index (κ1) is 19.4. The summed E-state index contributed by atoms with van der Waals surface area (Å²) in [6.45, 7) is -0.159. The summed E-state index contributed by atoms with van der Waals surface area (Å²) in [4.78, 5) is 16.8. The molecular weight excluding hydrogens is 402 g/mol. The molecule has 3 N–H and O–H groups in total. The van der Waals surface area contributed by atoms with Gasteiger partial charge in [0.25, 0.3) is 0 Å². The number of nitrogens with two attached hydrogens (primary N) is 1. The maximum absolute atomic E-state index is 11.4. The van der Waals surface area contributed by atoms with E-state index in [1.165, 1.54) is 29.8 Å². The number of amidine groups is 1. The van der Waals surface area contributed by atoms with Crippen LogP contribution in [0.2, 0.25) is 0 Å². The van der Waals surface area contributed by atoms with Gasteiger partial charge in [0.1, 0.15) is 16.6 Å². The van der Waals surface area contributed by atoms with Crippen LogP contribution in [-0.4, -0.2) is 36.8 Å². The molecule has 0 atom stereocenters. The highest BCUT2D eigenvalue weighted by molar-refractivity contribution is 8.00. The van der Waals surface area contributed by atoms with Crippen LogP contribution in [0.4, 0.5) is 0 Å². The minimum absolute atomic E-state index is 0.0554. The number of ether oxygens (including phenoxy) is 2. The fourth-order valence-electron chi connectivity index (χ4n) is 2.33. The van der Waals surface area contributed by atoms with Gasteiger partial charge in [-0.2, -0.15) is 0 Å². The number of carbonyl (C=O) groups excluding carboxylic acids is 1. The second-order valence-corrected chi connectivity index (χ2v) is 8.31. The average Bonchev–Trinajstić information content (AvgIpc) is 3.33. The molecule has 0 aliphatic heterocycles. The Morgan fingerprint density at radius 1 is 1.33 bits per heavy atom. The molecule has 0 amide bonds. The Bertz CT molecular complexity index is 981. The smallest absolute Gasteiger partial charge is 0.343 e. The van der Waals surface area contributed by atoms with Gasteiger partial charge in [-0.25, -0.2) is 9.78 Å². The van der Waals surface area contributed by atoms with Gasteiger partial charge in [-0.1, -0.05) is 12.1 Å². The van der Waals surface area contributed by atoms with Crippen LogP contribution in [0.5, 0.6) is 5.75 Å². The normalized spacial score (nSPS) is 10.6. The molecule has 3 rings (SSSR count). The summed E-state index contributed by atoms with van der Waals surface area (Å²) in [5.74, 6) is 0.183. The summed E-state index contributed by atoms with van der Waals surface area (Å²) in [5, 5.41) is 10.5. The van der Waals surface area contributed by atoms with Gasteiger partial charge in [0, 0.05) is 16.5 Å². The third-order valence-corrected chi connectivity index (χ3v) is 6.80.